The molecule has 2 aromatic rings. The van der Waals surface area contributed by atoms with Gasteiger partial charge in [0.2, 0.25) is 0 Å². The zero-order valence-electron chi connectivity index (χ0n) is 11.6. The molecule has 0 aliphatic carbocycles. The second-order valence-corrected chi connectivity index (χ2v) is 6.55. The number of nitrogens with zero attached hydrogens (tertiary/aromatic N) is 3. The minimum atomic E-state index is -3.90. The summed E-state index contributed by atoms with van der Waals surface area (Å²) in [5.41, 5.74) is 0.464. The Bertz CT molecular complexity index is 781. The van der Waals surface area contributed by atoms with Gasteiger partial charge in [0.25, 0.3) is 10.0 Å². The summed E-state index contributed by atoms with van der Waals surface area (Å²) in [6.45, 7) is 1.88. The van der Waals surface area contributed by atoms with E-state index in [-0.39, 0.29) is 29.6 Å². The maximum absolute atomic E-state index is 14.1. The Morgan fingerprint density at radius 3 is 2.81 bits per heavy atom. The van der Waals surface area contributed by atoms with Crippen molar-refractivity contribution >= 4 is 15.7 Å². The zero-order valence-corrected chi connectivity index (χ0v) is 12.4. The topological polar surface area (TPSA) is 64.4 Å². The smallest absolute Gasteiger partial charge is 0.282 e. The van der Waals surface area contributed by atoms with E-state index in [0.717, 1.165) is 4.31 Å². The molecule has 0 fully saturated rings. The maximum atomic E-state index is 14.1. The molecule has 0 spiro atoms. The first kappa shape index (κ1) is 13.9. The molecule has 0 saturated heterocycles. The van der Waals surface area contributed by atoms with Crippen molar-refractivity contribution < 1.29 is 17.5 Å². The molecule has 0 bridgehead atoms. The first-order valence-electron chi connectivity index (χ1n) is 6.35. The van der Waals surface area contributed by atoms with Gasteiger partial charge < -0.3 is 4.74 Å². The minimum absolute atomic E-state index is 0.0515. The number of fused-ring (bicyclic) bond motifs is 1. The highest BCUT2D eigenvalue weighted by atomic mass is 32.2. The van der Waals surface area contributed by atoms with Gasteiger partial charge in [-0.05, 0) is 19.1 Å². The first-order chi connectivity index (χ1) is 9.93. The molecule has 0 saturated carbocycles. The minimum Gasteiger partial charge on any atom is -0.489 e. The second kappa shape index (κ2) is 4.73. The van der Waals surface area contributed by atoms with Gasteiger partial charge in [-0.1, -0.05) is 6.07 Å². The molecule has 3 rings (SSSR count). The van der Waals surface area contributed by atoms with Crippen LogP contribution in [0.3, 0.4) is 0 Å². The summed E-state index contributed by atoms with van der Waals surface area (Å²) in [5.74, 6) is -0.403. The Kier molecular flexibility index (Phi) is 3.12. The van der Waals surface area contributed by atoms with Crippen molar-refractivity contribution in [3.63, 3.8) is 0 Å². The van der Waals surface area contributed by atoms with E-state index in [9.17, 15) is 12.8 Å². The van der Waals surface area contributed by atoms with Crippen LogP contribution < -0.4 is 9.04 Å². The summed E-state index contributed by atoms with van der Waals surface area (Å²) in [6.07, 6.45) is 1.47. The van der Waals surface area contributed by atoms with Crippen LogP contribution in [-0.4, -0.2) is 31.3 Å². The van der Waals surface area contributed by atoms with Crippen LogP contribution in [0.1, 0.15) is 5.56 Å². The first-order valence-corrected chi connectivity index (χ1v) is 7.79. The van der Waals surface area contributed by atoms with Crippen LogP contribution in [0.15, 0.2) is 29.4 Å². The molecular weight excluding hydrogens is 297 g/mol. The number of rotatable bonds is 2. The lowest BCUT2D eigenvalue weighted by molar-refractivity contribution is 0.312. The number of halogens is 1. The predicted octanol–water partition coefficient (Wildman–Crippen LogP) is 1.46. The number of hydrogen-bond acceptors (Lipinski definition) is 4. The molecule has 6 nitrogen and oxygen atoms in total. The largest absolute Gasteiger partial charge is 0.489 e. The van der Waals surface area contributed by atoms with Crippen LogP contribution in [0.2, 0.25) is 0 Å². The van der Waals surface area contributed by atoms with Gasteiger partial charge in [-0.3, -0.25) is 8.99 Å². The Morgan fingerprint density at radius 1 is 1.38 bits per heavy atom. The molecule has 0 unspecified atom stereocenters. The Balaban J connectivity index is 2.19. The third-order valence-electron chi connectivity index (χ3n) is 3.34. The van der Waals surface area contributed by atoms with Gasteiger partial charge in [-0.25, -0.2) is 4.39 Å². The van der Waals surface area contributed by atoms with Gasteiger partial charge in [-0.15, -0.1) is 0 Å². The molecule has 0 N–H and O–H groups in total. The molecule has 1 aliphatic rings. The number of aromatic nitrogens is 2. The fourth-order valence-electron chi connectivity index (χ4n) is 2.46. The zero-order chi connectivity index (χ0) is 15.2. The lowest BCUT2D eigenvalue weighted by Gasteiger charge is -2.30. The highest BCUT2D eigenvalue weighted by Gasteiger charge is 2.35. The van der Waals surface area contributed by atoms with E-state index >= 15 is 0 Å². The van der Waals surface area contributed by atoms with Crippen molar-refractivity contribution in [1.82, 2.24) is 9.78 Å². The highest BCUT2D eigenvalue weighted by Crippen LogP contribution is 2.37. The summed E-state index contributed by atoms with van der Waals surface area (Å²) < 4.78 is 47.4. The van der Waals surface area contributed by atoms with Crippen molar-refractivity contribution in [2.24, 2.45) is 7.05 Å². The molecular formula is C13H14FN3O3S. The van der Waals surface area contributed by atoms with Crippen molar-refractivity contribution in [1.29, 1.82) is 0 Å². The lowest BCUT2D eigenvalue weighted by Crippen LogP contribution is -2.39. The van der Waals surface area contributed by atoms with E-state index in [4.69, 9.17) is 4.74 Å². The van der Waals surface area contributed by atoms with Crippen LogP contribution in [0.5, 0.6) is 5.75 Å². The number of hydrogen-bond donors (Lipinski definition) is 0. The number of ether oxygens (including phenoxy) is 1. The Hall–Kier alpha value is -2.09. The molecule has 1 aromatic carbocycles. The standard InChI is InChI=1S/C13H14FN3O3S/c1-9-8-15-16(2)13(9)21(18,19)17-6-7-20-11-5-3-4-10(14)12(11)17/h3-5,8H,6-7H2,1-2H3. The Labute approximate surface area is 121 Å². The quantitative estimate of drug-likeness (QED) is 0.842. The molecule has 112 valence electrons. The van der Waals surface area contributed by atoms with E-state index in [0.29, 0.717) is 5.56 Å². The molecule has 0 radical (unpaired) electrons. The average Bonchev–Trinajstić information content (AvgIpc) is 2.78. The third-order valence-corrected chi connectivity index (χ3v) is 5.36. The van der Waals surface area contributed by atoms with Gasteiger partial charge in [0.1, 0.15) is 18.0 Å². The molecule has 1 aromatic heterocycles. The van der Waals surface area contributed by atoms with Gasteiger partial charge in [0.05, 0.1) is 12.7 Å². The van der Waals surface area contributed by atoms with Gasteiger partial charge in [-0.2, -0.15) is 13.5 Å². The van der Waals surface area contributed by atoms with Crippen LogP contribution in [0, 0.1) is 12.7 Å². The van der Waals surface area contributed by atoms with Crippen molar-refractivity contribution in [3.05, 3.63) is 35.8 Å². The molecule has 8 heteroatoms. The number of anilines is 1. The van der Waals surface area contributed by atoms with Gasteiger partial charge >= 0.3 is 0 Å². The Morgan fingerprint density at radius 2 is 2.14 bits per heavy atom. The van der Waals surface area contributed by atoms with E-state index < -0.39 is 15.8 Å². The van der Waals surface area contributed by atoms with Gasteiger partial charge in [0, 0.05) is 12.6 Å². The normalized spacial score (nSPS) is 14.7. The number of aryl methyl sites for hydroxylation is 2. The third kappa shape index (κ3) is 2.06. The summed E-state index contributed by atoms with van der Waals surface area (Å²) >= 11 is 0. The van der Waals surface area contributed by atoms with E-state index in [1.54, 1.807) is 20.0 Å². The van der Waals surface area contributed by atoms with Crippen molar-refractivity contribution in [2.45, 2.75) is 11.9 Å². The molecule has 1 aliphatic heterocycles. The van der Waals surface area contributed by atoms with E-state index in [2.05, 4.69) is 5.10 Å². The van der Waals surface area contributed by atoms with Crippen LogP contribution in [0.4, 0.5) is 10.1 Å². The predicted molar refractivity (Wildman–Crippen MR) is 74.4 cm³/mol. The monoisotopic (exact) mass is 311 g/mol. The molecule has 2 heterocycles. The summed E-state index contributed by atoms with van der Waals surface area (Å²) in [4.78, 5) is 0. The van der Waals surface area contributed by atoms with Crippen LogP contribution in [0.25, 0.3) is 0 Å². The maximum Gasteiger partial charge on any atom is 0.282 e. The summed E-state index contributed by atoms with van der Waals surface area (Å²) in [6, 6.07) is 4.25. The SMILES string of the molecule is Cc1cnn(C)c1S(=O)(=O)N1CCOc2cccc(F)c21. The van der Waals surface area contributed by atoms with Crippen molar-refractivity contribution in [2.75, 3.05) is 17.5 Å². The van der Waals surface area contributed by atoms with Crippen molar-refractivity contribution in [3.8, 4) is 5.75 Å². The lowest BCUT2D eigenvalue weighted by atomic mass is 10.2. The fourth-order valence-corrected chi connectivity index (χ4v) is 4.24. The molecule has 21 heavy (non-hydrogen) atoms. The number of benzene rings is 1. The number of para-hydroxylation sites is 1. The number of sulfonamides is 1. The highest BCUT2D eigenvalue weighted by molar-refractivity contribution is 7.92. The van der Waals surface area contributed by atoms with E-state index in [1.807, 2.05) is 0 Å². The van der Waals surface area contributed by atoms with E-state index in [1.165, 1.54) is 23.0 Å². The molecule has 0 atom stereocenters. The van der Waals surface area contributed by atoms with Gasteiger partial charge in [0.15, 0.2) is 10.8 Å². The summed E-state index contributed by atoms with van der Waals surface area (Å²) in [7, 11) is -2.36. The fraction of sp³-hybridized carbons (Fsp3) is 0.308. The second-order valence-electron chi connectivity index (χ2n) is 4.77. The summed E-state index contributed by atoms with van der Waals surface area (Å²) in [5, 5.41) is 4.00. The molecule has 0 amide bonds. The van der Waals surface area contributed by atoms with Crippen LogP contribution in [-0.2, 0) is 17.1 Å². The average molecular weight is 311 g/mol. The van der Waals surface area contributed by atoms with Crippen LogP contribution >= 0.6 is 0 Å².